The minimum atomic E-state index is -3.42. The van der Waals surface area contributed by atoms with E-state index in [9.17, 15) is 22.7 Å². The Balaban J connectivity index is 1.76. The van der Waals surface area contributed by atoms with Gasteiger partial charge in [-0.15, -0.1) is 0 Å². The number of piperidine rings is 1. The molecular formula is C24H29FN2O4S2. The fraction of sp³-hybridized carbons (Fsp3) is 0.417. The van der Waals surface area contributed by atoms with Gasteiger partial charge in [-0.1, -0.05) is 16.7 Å². The molecule has 6 nitrogen and oxygen atoms in total. The van der Waals surface area contributed by atoms with E-state index in [0.717, 1.165) is 29.0 Å². The second-order valence-electron chi connectivity index (χ2n) is 8.62. The monoisotopic (exact) mass is 492 g/mol. The summed E-state index contributed by atoms with van der Waals surface area (Å²) in [5, 5.41) is 11.5. The van der Waals surface area contributed by atoms with Crippen LogP contribution in [0.3, 0.4) is 0 Å². The quantitative estimate of drug-likeness (QED) is 0.524. The molecule has 1 heterocycles. The van der Waals surface area contributed by atoms with Crippen LogP contribution in [-0.2, 0) is 9.84 Å². The predicted octanol–water partition coefficient (Wildman–Crippen LogP) is 5.08. The van der Waals surface area contributed by atoms with Gasteiger partial charge in [0.05, 0.1) is 21.8 Å². The van der Waals surface area contributed by atoms with Crippen LogP contribution in [0.1, 0.15) is 54.4 Å². The van der Waals surface area contributed by atoms with Crippen molar-refractivity contribution in [2.24, 2.45) is 0 Å². The Morgan fingerprint density at radius 3 is 2.42 bits per heavy atom. The summed E-state index contributed by atoms with van der Waals surface area (Å²) >= 11 is 0. The SMILES string of the molecule is C/C=S(\Nc1cc(S(C)(=O)=O)ccc1N1CCC(F)CC1)c1cc(C(=O)O)ccc1C1CC1. The Bertz CT molecular complexity index is 1200. The third-order valence-electron chi connectivity index (χ3n) is 6.13. The molecule has 2 fully saturated rings. The van der Waals surface area contributed by atoms with Gasteiger partial charge in [-0.25, -0.2) is 17.6 Å². The highest BCUT2D eigenvalue weighted by atomic mass is 32.2. The number of nitrogens with zero attached hydrogens (tertiary/aromatic N) is 1. The minimum absolute atomic E-state index is 0.204. The normalized spacial score (nSPS) is 18.3. The van der Waals surface area contributed by atoms with Gasteiger partial charge in [0.2, 0.25) is 0 Å². The number of hydrogen-bond acceptors (Lipinski definition) is 5. The molecule has 2 N–H and O–H groups in total. The number of sulfone groups is 1. The van der Waals surface area contributed by atoms with Gasteiger partial charge in [-0.3, -0.25) is 0 Å². The number of carboxylic acid groups (broad SMARTS) is 1. The molecule has 1 saturated carbocycles. The van der Waals surface area contributed by atoms with E-state index in [1.807, 2.05) is 18.4 Å². The molecular weight excluding hydrogens is 463 g/mol. The molecule has 2 aromatic rings. The van der Waals surface area contributed by atoms with Crippen molar-refractivity contribution in [1.82, 2.24) is 0 Å². The summed E-state index contributed by atoms with van der Waals surface area (Å²) < 4.78 is 41.7. The fourth-order valence-electron chi connectivity index (χ4n) is 4.14. The lowest BCUT2D eigenvalue weighted by atomic mass is 10.1. The summed E-state index contributed by atoms with van der Waals surface area (Å²) in [5.74, 6) is -0.558. The van der Waals surface area contributed by atoms with Gasteiger partial charge >= 0.3 is 5.97 Å². The third kappa shape index (κ3) is 5.41. The average Bonchev–Trinajstić information content (AvgIpc) is 3.62. The summed E-state index contributed by atoms with van der Waals surface area (Å²) in [6, 6.07) is 10.3. The van der Waals surface area contributed by atoms with Crippen LogP contribution < -0.4 is 9.62 Å². The van der Waals surface area contributed by atoms with Gasteiger partial charge in [0.15, 0.2) is 9.84 Å². The van der Waals surface area contributed by atoms with E-state index in [0.29, 0.717) is 37.5 Å². The summed E-state index contributed by atoms with van der Waals surface area (Å²) in [7, 11) is -4.08. The lowest BCUT2D eigenvalue weighted by molar-refractivity contribution is 0.0696. The standard InChI is InChI=1S/C24H29FN2O4S2/c1-3-32(23-14-17(24(28)29)6-8-20(23)16-4-5-16)26-21-15-19(33(2,30)31)7-9-22(21)27-12-10-18(25)11-13-27/h3,6-9,14-16,18,26H,4-5,10-13H2,1-2H3,(H,28,29). The molecule has 1 saturated heterocycles. The summed E-state index contributed by atoms with van der Waals surface area (Å²) in [6.45, 7) is 3.02. The van der Waals surface area contributed by atoms with Crippen molar-refractivity contribution >= 4 is 43.2 Å². The molecule has 1 aliphatic carbocycles. The Labute approximate surface area is 196 Å². The van der Waals surface area contributed by atoms with Crippen molar-refractivity contribution in [2.75, 3.05) is 29.0 Å². The van der Waals surface area contributed by atoms with Crippen LogP contribution in [0.4, 0.5) is 15.8 Å². The van der Waals surface area contributed by atoms with Gasteiger partial charge < -0.3 is 14.7 Å². The highest BCUT2D eigenvalue weighted by Crippen LogP contribution is 2.47. The summed E-state index contributed by atoms with van der Waals surface area (Å²) in [5.41, 5.74) is 2.84. The maximum atomic E-state index is 13.7. The molecule has 0 aromatic heterocycles. The molecule has 0 amide bonds. The number of hydrogen-bond donors (Lipinski definition) is 2. The van der Waals surface area contributed by atoms with Crippen molar-refractivity contribution in [3.05, 3.63) is 47.5 Å². The Kier molecular flexibility index (Phi) is 6.81. The van der Waals surface area contributed by atoms with Gasteiger partial charge in [0.1, 0.15) is 6.17 Å². The molecule has 178 valence electrons. The zero-order valence-electron chi connectivity index (χ0n) is 18.8. The van der Waals surface area contributed by atoms with E-state index in [2.05, 4.69) is 9.62 Å². The summed E-state index contributed by atoms with van der Waals surface area (Å²) in [4.78, 5) is 14.8. The first kappa shape index (κ1) is 23.8. The second-order valence-corrected chi connectivity index (χ2v) is 12.4. The molecule has 0 bridgehead atoms. The van der Waals surface area contributed by atoms with E-state index in [-0.39, 0.29) is 10.5 Å². The Hall–Kier alpha value is -2.39. The maximum Gasteiger partial charge on any atom is 0.335 e. The Morgan fingerprint density at radius 1 is 1.15 bits per heavy atom. The van der Waals surface area contributed by atoms with Crippen molar-refractivity contribution in [3.63, 3.8) is 0 Å². The zero-order valence-corrected chi connectivity index (χ0v) is 20.4. The molecule has 9 heteroatoms. The molecule has 4 rings (SSSR count). The molecule has 2 aliphatic rings. The van der Waals surface area contributed by atoms with Gasteiger partial charge in [0, 0.05) is 24.2 Å². The molecule has 0 radical (unpaired) electrons. The minimum Gasteiger partial charge on any atom is -0.478 e. The number of rotatable bonds is 7. The number of halogens is 1. The number of alkyl halides is 1. The smallest absolute Gasteiger partial charge is 0.335 e. The number of carbonyl (C=O) groups is 1. The van der Waals surface area contributed by atoms with Crippen LogP contribution in [0.25, 0.3) is 0 Å². The highest BCUT2D eigenvalue weighted by molar-refractivity contribution is 8.16. The molecule has 1 unspecified atom stereocenters. The second kappa shape index (κ2) is 9.46. The topological polar surface area (TPSA) is 86.7 Å². The predicted molar refractivity (Wildman–Crippen MR) is 132 cm³/mol. The van der Waals surface area contributed by atoms with Crippen LogP contribution in [0, 0.1) is 0 Å². The van der Waals surface area contributed by atoms with Crippen LogP contribution in [0.15, 0.2) is 46.2 Å². The average molecular weight is 493 g/mol. The first-order valence-electron chi connectivity index (χ1n) is 11.1. The number of aromatic carboxylic acids is 1. The molecule has 1 aliphatic heterocycles. The lowest BCUT2D eigenvalue weighted by Gasteiger charge is -2.33. The largest absolute Gasteiger partial charge is 0.478 e. The van der Waals surface area contributed by atoms with E-state index >= 15 is 0 Å². The van der Waals surface area contributed by atoms with E-state index < -0.39 is 32.6 Å². The van der Waals surface area contributed by atoms with Crippen LogP contribution in [0.5, 0.6) is 0 Å². The van der Waals surface area contributed by atoms with E-state index in [4.69, 9.17) is 0 Å². The van der Waals surface area contributed by atoms with Gasteiger partial charge in [0.25, 0.3) is 0 Å². The van der Waals surface area contributed by atoms with Gasteiger partial charge in [-0.05, 0) is 79.8 Å². The molecule has 2 aromatic carbocycles. The lowest BCUT2D eigenvalue weighted by Crippen LogP contribution is -2.34. The van der Waals surface area contributed by atoms with E-state index in [1.54, 1.807) is 30.3 Å². The van der Waals surface area contributed by atoms with Gasteiger partial charge in [-0.2, -0.15) is 0 Å². The van der Waals surface area contributed by atoms with Crippen molar-refractivity contribution in [3.8, 4) is 0 Å². The highest BCUT2D eigenvalue weighted by Gasteiger charge is 2.28. The summed E-state index contributed by atoms with van der Waals surface area (Å²) in [6.07, 6.45) is 3.39. The number of benzene rings is 2. The first-order valence-corrected chi connectivity index (χ1v) is 14.2. The van der Waals surface area contributed by atoms with Crippen LogP contribution in [-0.4, -0.2) is 50.4 Å². The van der Waals surface area contributed by atoms with Crippen molar-refractivity contribution in [2.45, 2.75) is 54.5 Å². The maximum absolute atomic E-state index is 13.7. The molecule has 0 spiro atoms. The molecule has 1 atom stereocenters. The number of anilines is 2. The first-order chi connectivity index (χ1) is 15.7. The molecule has 33 heavy (non-hydrogen) atoms. The van der Waals surface area contributed by atoms with Crippen LogP contribution >= 0.6 is 10.7 Å². The number of carboxylic acids is 1. The zero-order chi connectivity index (χ0) is 23.8. The van der Waals surface area contributed by atoms with Crippen molar-refractivity contribution < 1.29 is 22.7 Å². The third-order valence-corrected chi connectivity index (χ3v) is 8.98. The number of nitrogens with one attached hydrogen (secondary N) is 1. The Morgan fingerprint density at radius 2 is 1.85 bits per heavy atom. The van der Waals surface area contributed by atoms with E-state index in [1.165, 1.54) is 6.26 Å². The van der Waals surface area contributed by atoms with Crippen molar-refractivity contribution in [1.29, 1.82) is 0 Å². The fourth-order valence-corrected chi connectivity index (χ4v) is 6.41. The van der Waals surface area contributed by atoms with Crippen LogP contribution in [0.2, 0.25) is 0 Å².